The minimum Gasteiger partial charge on any atom is -0.328 e. The number of hydrogen-bond acceptors (Lipinski definition) is 4. The predicted octanol–water partition coefficient (Wildman–Crippen LogP) is 1.20. The zero-order valence-electron chi connectivity index (χ0n) is 10.2. The lowest BCUT2D eigenvalue weighted by Gasteiger charge is -2.18. The number of carbonyl (C=O) groups excluding carboxylic acids is 1. The standard InChI is InChI=1S/C8H9N3O.C4H9N/c1-8(2)5-6(11-7(8)12)10-4-3-9-5;5-4-2-1-3-4/h3-4H,1-2H3,(H,10,11,12);4H,1-3,5H2. The van der Waals surface area contributed by atoms with E-state index in [0.29, 0.717) is 11.9 Å². The highest BCUT2D eigenvalue weighted by molar-refractivity contribution is 6.03. The van der Waals surface area contributed by atoms with Crippen LogP contribution >= 0.6 is 0 Å². The zero-order chi connectivity index (χ0) is 12.5. The second-order valence-corrected chi connectivity index (χ2v) is 5.02. The van der Waals surface area contributed by atoms with Gasteiger partial charge in [0, 0.05) is 18.4 Å². The summed E-state index contributed by atoms with van der Waals surface area (Å²) in [6.07, 6.45) is 7.06. The fourth-order valence-electron chi connectivity index (χ4n) is 1.70. The monoisotopic (exact) mass is 234 g/mol. The smallest absolute Gasteiger partial charge is 0.237 e. The van der Waals surface area contributed by atoms with Crippen LogP contribution < -0.4 is 11.1 Å². The van der Waals surface area contributed by atoms with Gasteiger partial charge in [-0.25, -0.2) is 4.98 Å². The van der Waals surface area contributed by atoms with Crippen LogP contribution in [0.1, 0.15) is 38.8 Å². The Bertz CT molecular complexity index is 426. The van der Waals surface area contributed by atoms with Crippen LogP contribution in [-0.4, -0.2) is 21.9 Å². The number of amides is 1. The van der Waals surface area contributed by atoms with E-state index in [1.807, 2.05) is 13.8 Å². The van der Waals surface area contributed by atoms with E-state index >= 15 is 0 Å². The third-order valence-electron chi connectivity index (χ3n) is 3.24. The molecule has 0 unspecified atom stereocenters. The van der Waals surface area contributed by atoms with E-state index in [0.717, 1.165) is 5.69 Å². The van der Waals surface area contributed by atoms with Crippen molar-refractivity contribution in [1.82, 2.24) is 9.97 Å². The summed E-state index contributed by atoms with van der Waals surface area (Å²) in [5.74, 6) is 0.552. The molecule has 1 amide bonds. The summed E-state index contributed by atoms with van der Waals surface area (Å²) < 4.78 is 0. The number of fused-ring (bicyclic) bond motifs is 1. The number of rotatable bonds is 0. The maximum atomic E-state index is 11.4. The van der Waals surface area contributed by atoms with Crippen molar-refractivity contribution in [2.24, 2.45) is 5.73 Å². The highest BCUT2D eigenvalue weighted by atomic mass is 16.2. The molecular weight excluding hydrogens is 216 g/mol. The average molecular weight is 234 g/mol. The summed E-state index contributed by atoms with van der Waals surface area (Å²) in [7, 11) is 0. The summed E-state index contributed by atoms with van der Waals surface area (Å²) in [6.45, 7) is 3.67. The van der Waals surface area contributed by atoms with Crippen molar-refractivity contribution in [2.45, 2.75) is 44.6 Å². The average Bonchev–Trinajstić information content (AvgIpc) is 2.49. The van der Waals surface area contributed by atoms with Crippen LogP contribution in [0, 0.1) is 0 Å². The number of nitrogens with one attached hydrogen (secondary N) is 1. The van der Waals surface area contributed by atoms with Crippen molar-refractivity contribution < 1.29 is 4.79 Å². The lowest BCUT2D eigenvalue weighted by Crippen LogP contribution is -2.27. The maximum absolute atomic E-state index is 11.4. The molecule has 5 nitrogen and oxygen atoms in total. The van der Waals surface area contributed by atoms with E-state index in [1.54, 1.807) is 12.4 Å². The van der Waals surface area contributed by atoms with Crippen LogP contribution in [0.4, 0.5) is 5.82 Å². The van der Waals surface area contributed by atoms with E-state index in [2.05, 4.69) is 15.3 Å². The summed E-state index contributed by atoms with van der Waals surface area (Å²) in [5, 5.41) is 2.68. The molecule has 0 bridgehead atoms. The van der Waals surface area contributed by atoms with Crippen LogP contribution in [0.3, 0.4) is 0 Å². The normalized spacial score (nSPS) is 20.8. The van der Waals surface area contributed by atoms with E-state index in [9.17, 15) is 4.79 Å². The molecule has 17 heavy (non-hydrogen) atoms. The Balaban J connectivity index is 0.000000181. The largest absolute Gasteiger partial charge is 0.328 e. The van der Waals surface area contributed by atoms with Crippen LogP contribution in [0.25, 0.3) is 0 Å². The van der Waals surface area contributed by atoms with Crippen molar-refractivity contribution in [3.05, 3.63) is 18.1 Å². The summed E-state index contributed by atoms with van der Waals surface area (Å²) >= 11 is 0. The minimum atomic E-state index is -0.538. The Morgan fingerprint density at radius 3 is 2.41 bits per heavy atom. The number of anilines is 1. The molecule has 3 rings (SSSR count). The van der Waals surface area contributed by atoms with Crippen LogP contribution in [-0.2, 0) is 10.2 Å². The molecule has 1 saturated carbocycles. The molecule has 3 N–H and O–H groups in total. The number of nitrogens with zero attached hydrogens (tertiary/aromatic N) is 2. The molecule has 5 heteroatoms. The molecule has 0 saturated heterocycles. The summed E-state index contributed by atoms with van der Waals surface area (Å²) in [5.41, 5.74) is 5.57. The van der Waals surface area contributed by atoms with Gasteiger partial charge in [-0.2, -0.15) is 0 Å². The molecule has 2 aliphatic rings. The topological polar surface area (TPSA) is 80.9 Å². The van der Waals surface area contributed by atoms with Crippen LogP contribution in [0.15, 0.2) is 12.4 Å². The zero-order valence-corrected chi connectivity index (χ0v) is 10.2. The van der Waals surface area contributed by atoms with E-state index < -0.39 is 5.41 Å². The summed E-state index contributed by atoms with van der Waals surface area (Å²) in [4.78, 5) is 19.5. The number of nitrogens with two attached hydrogens (primary N) is 1. The first-order chi connectivity index (χ1) is 8.01. The van der Waals surface area contributed by atoms with Crippen molar-refractivity contribution >= 4 is 11.7 Å². The highest BCUT2D eigenvalue weighted by Crippen LogP contribution is 2.33. The molecule has 92 valence electrons. The number of carbonyl (C=O) groups is 1. The summed E-state index contributed by atoms with van der Waals surface area (Å²) in [6, 6.07) is 0.565. The van der Waals surface area contributed by atoms with Gasteiger partial charge in [0.1, 0.15) is 0 Å². The molecule has 0 spiro atoms. The van der Waals surface area contributed by atoms with Gasteiger partial charge in [0.25, 0.3) is 0 Å². The lowest BCUT2D eigenvalue weighted by molar-refractivity contribution is -0.119. The van der Waals surface area contributed by atoms with Gasteiger partial charge in [-0.15, -0.1) is 0 Å². The molecule has 1 aromatic rings. The van der Waals surface area contributed by atoms with Gasteiger partial charge in [-0.1, -0.05) is 6.42 Å². The fourth-order valence-corrected chi connectivity index (χ4v) is 1.70. The van der Waals surface area contributed by atoms with E-state index in [-0.39, 0.29) is 5.91 Å². The molecular formula is C12H18N4O. The number of aromatic nitrogens is 2. The van der Waals surface area contributed by atoms with Gasteiger partial charge in [-0.3, -0.25) is 9.78 Å². The molecule has 1 aliphatic heterocycles. The second-order valence-electron chi connectivity index (χ2n) is 5.02. The van der Waals surface area contributed by atoms with Crippen molar-refractivity contribution in [3.8, 4) is 0 Å². The first kappa shape index (κ1) is 12.0. The first-order valence-electron chi connectivity index (χ1n) is 5.90. The van der Waals surface area contributed by atoms with Gasteiger partial charge < -0.3 is 11.1 Å². The fraction of sp³-hybridized carbons (Fsp3) is 0.583. The molecule has 0 aromatic carbocycles. The number of hydrogen-bond donors (Lipinski definition) is 2. The van der Waals surface area contributed by atoms with Gasteiger partial charge in [0.2, 0.25) is 5.91 Å². The van der Waals surface area contributed by atoms with Crippen molar-refractivity contribution in [2.75, 3.05) is 5.32 Å². The molecule has 1 fully saturated rings. The van der Waals surface area contributed by atoms with Gasteiger partial charge >= 0.3 is 0 Å². The lowest BCUT2D eigenvalue weighted by atomic mass is 9.91. The first-order valence-corrected chi connectivity index (χ1v) is 5.90. The van der Waals surface area contributed by atoms with Crippen molar-refractivity contribution in [3.63, 3.8) is 0 Å². The Labute approximate surface area is 101 Å². The van der Waals surface area contributed by atoms with E-state index in [1.165, 1.54) is 19.3 Å². The van der Waals surface area contributed by atoms with Gasteiger partial charge in [0.15, 0.2) is 5.82 Å². The molecule has 0 atom stereocenters. The Morgan fingerprint density at radius 1 is 1.35 bits per heavy atom. The van der Waals surface area contributed by atoms with Gasteiger partial charge in [0.05, 0.1) is 11.1 Å². The Kier molecular flexibility index (Phi) is 3.11. The molecule has 0 radical (unpaired) electrons. The maximum Gasteiger partial charge on any atom is 0.237 e. The second kappa shape index (κ2) is 4.41. The molecule has 1 aliphatic carbocycles. The third kappa shape index (κ3) is 2.29. The van der Waals surface area contributed by atoms with Crippen LogP contribution in [0.5, 0.6) is 0 Å². The van der Waals surface area contributed by atoms with E-state index in [4.69, 9.17) is 5.73 Å². The SMILES string of the molecule is CC1(C)C(=O)Nc2nccnc21.NC1CCC1. The molecule has 1 aromatic heterocycles. The Hall–Kier alpha value is -1.49. The molecule has 2 heterocycles. The Morgan fingerprint density at radius 2 is 1.94 bits per heavy atom. The third-order valence-corrected chi connectivity index (χ3v) is 3.24. The van der Waals surface area contributed by atoms with Crippen LogP contribution in [0.2, 0.25) is 0 Å². The highest BCUT2D eigenvalue weighted by Gasteiger charge is 2.40. The quantitative estimate of drug-likeness (QED) is 0.707. The minimum absolute atomic E-state index is 0.0382. The van der Waals surface area contributed by atoms with Crippen molar-refractivity contribution in [1.29, 1.82) is 0 Å². The predicted molar refractivity (Wildman–Crippen MR) is 65.5 cm³/mol. The van der Waals surface area contributed by atoms with Gasteiger partial charge in [-0.05, 0) is 26.7 Å².